The van der Waals surface area contributed by atoms with E-state index < -0.39 is 0 Å². The van der Waals surface area contributed by atoms with Crippen LogP contribution < -0.4 is 5.32 Å². The summed E-state index contributed by atoms with van der Waals surface area (Å²) in [7, 11) is 0. The highest BCUT2D eigenvalue weighted by atomic mass is 15.2. The van der Waals surface area contributed by atoms with Gasteiger partial charge in [0.15, 0.2) is 0 Å². The number of likely N-dealkylation sites (tertiary alicyclic amines) is 1. The predicted octanol–water partition coefficient (Wildman–Crippen LogP) is 3.43. The average molecular weight is 286 g/mol. The van der Waals surface area contributed by atoms with E-state index in [9.17, 15) is 0 Å². The van der Waals surface area contributed by atoms with Gasteiger partial charge in [-0.05, 0) is 49.4 Å². The fourth-order valence-electron chi connectivity index (χ4n) is 3.88. The van der Waals surface area contributed by atoms with Gasteiger partial charge in [-0.1, -0.05) is 44.5 Å². The van der Waals surface area contributed by atoms with Crippen LogP contribution in [0.5, 0.6) is 0 Å². The minimum Gasteiger partial charge on any atom is -0.315 e. The van der Waals surface area contributed by atoms with Crippen LogP contribution in [0.2, 0.25) is 0 Å². The molecule has 116 valence electrons. The third-order valence-electron chi connectivity index (χ3n) is 5.10. The van der Waals surface area contributed by atoms with Crippen LogP contribution in [0.1, 0.15) is 50.2 Å². The quantitative estimate of drug-likeness (QED) is 0.862. The van der Waals surface area contributed by atoms with Gasteiger partial charge in [0, 0.05) is 25.0 Å². The summed E-state index contributed by atoms with van der Waals surface area (Å²) >= 11 is 0. The fourth-order valence-corrected chi connectivity index (χ4v) is 3.88. The maximum Gasteiger partial charge on any atom is 0.0220 e. The highest BCUT2D eigenvalue weighted by Gasteiger charge is 2.30. The number of nitrogens with zero attached hydrogens (tertiary/aromatic N) is 1. The molecule has 2 atom stereocenters. The van der Waals surface area contributed by atoms with Gasteiger partial charge in [-0.3, -0.25) is 4.90 Å². The maximum atomic E-state index is 3.67. The van der Waals surface area contributed by atoms with Crippen molar-refractivity contribution in [1.29, 1.82) is 0 Å². The van der Waals surface area contributed by atoms with Crippen LogP contribution in [-0.4, -0.2) is 37.1 Å². The lowest BCUT2D eigenvalue weighted by atomic mass is 9.77. The number of nitrogens with one attached hydrogen (secondary N) is 1. The number of fused-ring (bicyclic) bond motifs is 1. The van der Waals surface area contributed by atoms with Crippen LogP contribution in [-0.2, 0) is 6.42 Å². The molecule has 0 radical (unpaired) electrons. The Morgan fingerprint density at radius 2 is 2.10 bits per heavy atom. The molecule has 0 spiro atoms. The molecule has 2 unspecified atom stereocenters. The van der Waals surface area contributed by atoms with Crippen molar-refractivity contribution in [2.75, 3.05) is 26.2 Å². The molecule has 1 N–H and O–H groups in total. The Morgan fingerprint density at radius 1 is 1.24 bits per heavy atom. The lowest BCUT2D eigenvalue weighted by molar-refractivity contribution is 0.132. The first-order chi connectivity index (χ1) is 10.2. The van der Waals surface area contributed by atoms with Crippen LogP contribution in [0, 0.1) is 5.92 Å². The summed E-state index contributed by atoms with van der Waals surface area (Å²) in [5.74, 6) is 1.53. The van der Waals surface area contributed by atoms with E-state index in [4.69, 9.17) is 0 Å². The Bertz CT molecular complexity index is 455. The number of rotatable bonds is 6. The Morgan fingerprint density at radius 3 is 2.90 bits per heavy atom. The lowest BCUT2D eigenvalue weighted by Crippen LogP contribution is -2.48. The van der Waals surface area contributed by atoms with Crippen LogP contribution >= 0.6 is 0 Å². The van der Waals surface area contributed by atoms with Gasteiger partial charge in [0.1, 0.15) is 0 Å². The summed E-state index contributed by atoms with van der Waals surface area (Å²) in [5.41, 5.74) is 3.19. The summed E-state index contributed by atoms with van der Waals surface area (Å²) in [6.45, 7) is 9.47. The van der Waals surface area contributed by atoms with Gasteiger partial charge in [0.05, 0.1) is 0 Å². The fraction of sp³-hybridized carbons (Fsp3) is 0.684. The topological polar surface area (TPSA) is 15.3 Å². The molecule has 21 heavy (non-hydrogen) atoms. The van der Waals surface area contributed by atoms with Crippen LogP contribution in [0.15, 0.2) is 24.3 Å². The first-order valence-corrected chi connectivity index (χ1v) is 8.76. The van der Waals surface area contributed by atoms with Gasteiger partial charge in [-0.15, -0.1) is 0 Å². The third kappa shape index (κ3) is 3.67. The van der Waals surface area contributed by atoms with Crippen molar-refractivity contribution >= 4 is 0 Å². The van der Waals surface area contributed by atoms with E-state index >= 15 is 0 Å². The molecule has 0 saturated carbocycles. The second-order valence-corrected chi connectivity index (χ2v) is 7.30. The first-order valence-electron chi connectivity index (χ1n) is 8.76. The van der Waals surface area contributed by atoms with Gasteiger partial charge in [0.2, 0.25) is 0 Å². The van der Waals surface area contributed by atoms with Crippen LogP contribution in [0.3, 0.4) is 0 Å². The number of hydrogen-bond donors (Lipinski definition) is 1. The Balaban J connectivity index is 1.53. The molecule has 1 aromatic rings. The molecule has 1 heterocycles. The van der Waals surface area contributed by atoms with Gasteiger partial charge in [-0.25, -0.2) is 0 Å². The Hall–Kier alpha value is -0.860. The van der Waals surface area contributed by atoms with Crippen molar-refractivity contribution in [3.63, 3.8) is 0 Å². The molecule has 3 rings (SSSR count). The van der Waals surface area contributed by atoms with E-state index in [2.05, 4.69) is 48.3 Å². The molecule has 0 aromatic heterocycles. The minimum absolute atomic E-state index is 0.751. The van der Waals surface area contributed by atoms with Crippen LogP contribution in [0.25, 0.3) is 0 Å². The third-order valence-corrected chi connectivity index (χ3v) is 5.10. The molecular weight excluding hydrogens is 256 g/mol. The molecule has 2 nitrogen and oxygen atoms in total. The number of benzene rings is 1. The molecule has 1 aliphatic carbocycles. The second kappa shape index (κ2) is 6.93. The minimum atomic E-state index is 0.751. The molecule has 0 amide bonds. The van der Waals surface area contributed by atoms with Crippen molar-refractivity contribution in [3.8, 4) is 0 Å². The van der Waals surface area contributed by atoms with E-state index in [0.29, 0.717) is 0 Å². The molecule has 2 heteroatoms. The Labute approximate surface area is 129 Å². The molecule has 1 saturated heterocycles. The Kier molecular flexibility index (Phi) is 4.97. The van der Waals surface area contributed by atoms with E-state index in [-0.39, 0.29) is 0 Å². The van der Waals surface area contributed by atoms with Crippen molar-refractivity contribution < 1.29 is 0 Å². The zero-order chi connectivity index (χ0) is 14.7. The average Bonchev–Trinajstić information content (AvgIpc) is 2.46. The zero-order valence-electron chi connectivity index (χ0n) is 13.6. The summed E-state index contributed by atoms with van der Waals surface area (Å²) in [4.78, 5) is 2.76. The summed E-state index contributed by atoms with van der Waals surface area (Å²) in [5, 5.41) is 3.67. The molecule has 0 bridgehead atoms. The van der Waals surface area contributed by atoms with E-state index in [1.165, 1.54) is 45.3 Å². The van der Waals surface area contributed by atoms with Crippen molar-refractivity contribution in [2.24, 2.45) is 5.92 Å². The first kappa shape index (κ1) is 15.1. The molecule has 1 aliphatic heterocycles. The predicted molar refractivity (Wildman–Crippen MR) is 89.8 cm³/mol. The largest absolute Gasteiger partial charge is 0.315 e. The summed E-state index contributed by atoms with van der Waals surface area (Å²) < 4.78 is 0. The van der Waals surface area contributed by atoms with Crippen molar-refractivity contribution in [3.05, 3.63) is 35.4 Å². The van der Waals surface area contributed by atoms with Crippen molar-refractivity contribution in [2.45, 2.75) is 51.5 Å². The SMILES string of the molecule is CC(C)CNCC1CCCCN1CC1Cc2ccccc21. The lowest BCUT2D eigenvalue weighted by Gasteiger charge is -2.41. The van der Waals surface area contributed by atoms with Crippen molar-refractivity contribution in [1.82, 2.24) is 10.2 Å². The highest BCUT2D eigenvalue weighted by Crippen LogP contribution is 2.36. The number of piperidine rings is 1. The highest BCUT2D eigenvalue weighted by molar-refractivity contribution is 5.40. The van der Waals surface area contributed by atoms with Gasteiger partial charge in [-0.2, -0.15) is 0 Å². The van der Waals surface area contributed by atoms with Crippen LogP contribution in [0.4, 0.5) is 0 Å². The van der Waals surface area contributed by atoms with E-state index in [0.717, 1.165) is 24.4 Å². The molecular formula is C19H30N2. The molecule has 1 aromatic carbocycles. The van der Waals surface area contributed by atoms with Gasteiger partial charge in [0.25, 0.3) is 0 Å². The second-order valence-electron chi connectivity index (χ2n) is 7.30. The molecule has 1 fully saturated rings. The molecule has 2 aliphatic rings. The monoisotopic (exact) mass is 286 g/mol. The van der Waals surface area contributed by atoms with Gasteiger partial charge >= 0.3 is 0 Å². The van der Waals surface area contributed by atoms with E-state index in [1.807, 2.05) is 0 Å². The number of hydrogen-bond acceptors (Lipinski definition) is 2. The maximum absolute atomic E-state index is 3.67. The normalized spacial score (nSPS) is 25.7. The van der Waals surface area contributed by atoms with E-state index in [1.54, 1.807) is 11.1 Å². The zero-order valence-corrected chi connectivity index (χ0v) is 13.6. The standard InChI is InChI=1S/C19H30N2/c1-15(2)12-20-13-18-8-5-6-10-21(18)14-17-11-16-7-3-4-9-19(16)17/h3-4,7,9,15,17-18,20H,5-6,8,10-14H2,1-2H3. The summed E-state index contributed by atoms with van der Waals surface area (Å²) in [6.07, 6.45) is 5.46. The summed E-state index contributed by atoms with van der Waals surface area (Å²) in [6, 6.07) is 9.76. The smallest absolute Gasteiger partial charge is 0.0220 e. The van der Waals surface area contributed by atoms with Gasteiger partial charge < -0.3 is 5.32 Å².